The number of nitrogens with zero attached hydrogens (tertiary/aromatic N) is 1. The van der Waals surface area contributed by atoms with Crippen LogP contribution >= 0.6 is 0 Å². The number of hydrogen-bond donors (Lipinski definition) is 1. The average Bonchev–Trinajstić information content (AvgIpc) is 2.45. The second-order valence-corrected chi connectivity index (χ2v) is 4.85. The summed E-state index contributed by atoms with van der Waals surface area (Å²) in [5.74, 6) is 0.0916. The molecule has 2 aromatic rings. The molecule has 0 atom stereocenters. The van der Waals surface area contributed by atoms with Crippen molar-refractivity contribution < 1.29 is 14.6 Å². The smallest absolute Gasteiger partial charge is 0.304 e. The lowest BCUT2D eigenvalue weighted by Gasteiger charge is -2.17. The van der Waals surface area contributed by atoms with Gasteiger partial charge in [-0.3, -0.25) is 4.79 Å². The Morgan fingerprint density at radius 1 is 1.20 bits per heavy atom. The quantitative estimate of drug-likeness (QED) is 0.879. The van der Waals surface area contributed by atoms with Crippen LogP contribution in [0.2, 0.25) is 0 Å². The minimum atomic E-state index is -0.767. The van der Waals surface area contributed by atoms with E-state index in [0.717, 1.165) is 23.1 Å². The van der Waals surface area contributed by atoms with Crippen LogP contribution in [0.3, 0.4) is 0 Å². The van der Waals surface area contributed by atoms with Crippen molar-refractivity contribution in [2.24, 2.45) is 0 Å². The van der Waals surface area contributed by atoms with Crippen molar-refractivity contribution >= 4 is 16.7 Å². The Morgan fingerprint density at radius 3 is 2.55 bits per heavy atom. The maximum absolute atomic E-state index is 10.6. The SMILES string of the molecule is COc1ccc(CN(C)CCC(=O)O)c2ccccc12. The van der Waals surface area contributed by atoms with Crippen LogP contribution < -0.4 is 4.74 Å². The predicted molar refractivity (Wildman–Crippen MR) is 79.1 cm³/mol. The van der Waals surface area contributed by atoms with Gasteiger partial charge in [0.2, 0.25) is 0 Å². The maximum Gasteiger partial charge on any atom is 0.304 e. The number of carboxylic acid groups (broad SMARTS) is 1. The van der Waals surface area contributed by atoms with Crippen molar-refractivity contribution in [3.63, 3.8) is 0 Å². The Bertz CT molecular complexity index is 610. The molecular formula is C16H19NO3. The number of benzene rings is 2. The molecule has 2 rings (SSSR count). The zero-order valence-corrected chi connectivity index (χ0v) is 11.8. The van der Waals surface area contributed by atoms with Crippen molar-refractivity contribution in [1.29, 1.82) is 0 Å². The fourth-order valence-electron chi connectivity index (χ4n) is 2.31. The van der Waals surface area contributed by atoms with Gasteiger partial charge in [0.15, 0.2) is 0 Å². The highest BCUT2D eigenvalue weighted by atomic mass is 16.5. The minimum absolute atomic E-state index is 0.157. The molecule has 106 valence electrons. The zero-order chi connectivity index (χ0) is 14.5. The third-order valence-corrected chi connectivity index (χ3v) is 3.34. The van der Waals surface area contributed by atoms with Crippen LogP contribution in [-0.2, 0) is 11.3 Å². The summed E-state index contributed by atoms with van der Waals surface area (Å²) in [6, 6.07) is 12.1. The summed E-state index contributed by atoms with van der Waals surface area (Å²) >= 11 is 0. The molecule has 0 amide bonds. The van der Waals surface area contributed by atoms with E-state index in [1.54, 1.807) is 7.11 Å². The number of carboxylic acids is 1. The highest BCUT2D eigenvalue weighted by molar-refractivity contribution is 5.91. The van der Waals surface area contributed by atoms with E-state index in [-0.39, 0.29) is 6.42 Å². The summed E-state index contributed by atoms with van der Waals surface area (Å²) in [6.07, 6.45) is 0.157. The Hall–Kier alpha value is -2.07. The van der Waals surface area contributed by atoms with E-state index in [1.807, 2.05) is 42.3 Å². The molecule has 0 unspecified atom stereocenters. The molecule has 1 N–H and O–H groups in total. The predicted octanol–water partition coefficient (Wildman–Crippen LogP) is 2.75. The summed E-state index contributed by atoms with van der Waals surface area (Å²) in [4.78, 5) is 12.6. The largest absolute Gasteiger partial charge is 0.496 e. The summed E-state index contributed by atoms with van der Waals surface area (Å²) in [7, 11) is 3.60. The third-order valence-electron chi connectivity index (χ3n) is 3.34. The second kappa shape index (κ2) is 6.39. The molecule has 0 heterocycles. The topological polar surface area (TPSA) is 49.8 Å². The van der Waals surface area contributed by atoms with Crippen LogP contribution in [-0.4, -0.2) is 36.7 Å². The lowest BCUT2D eigenvalue weighted by molar-refractivity contribution is -0.137. The number of hydrogen-bond acceptors (Lipinski definition) is 3. The number of aliphatic carboxylic acids is 1. The highest BCUT2D eigenvalue weighted by Crippen LogP contribution is 2.28. The van der Waals surface area contributed by atoms with Gasteiger partial charge in [-0.1, -0.05) is 30.3 Å². The van der Waals surface area contributed by atoms with E-state index in [9.17, 15) is 4.79 Å². The molecule has 0 aliphatic carbocycles. The fraction of sp³-hybridized carbons (Fsp3) is 0.312. The van der Waals surface area contributed by atoms with E-state index in [4.69, 9.17) is 9.84 Å². The van der Waals surface area contributed by atoms with E-state index in [0.29, 0.717) is 6.54 Å². The highest BCUT2D eigenvalue weighted by Gasteiger charge is 2.09. The Balaban J connectivity index is 2.24. The lowest BCUT2D eigenvalue weighted by atomic mass is 10.0. The summed E-state index contributed by atoms with van der Waals surface area (Å²) in [5.41, 5.74) is 1.18. The first-order valence-corrected chi connectivity index (χ1v) is 6.56. The molecule has 0 saturated heterocycles. The van der Waals surface area contributed by atoms with Crippen molar-refractivity contribution in [3.8, 4) is 5.75 Å². The lowest BCUT2D eigenvalue weighted by Crippen LogP contribution is -2.21. The number of ether oxygens (including phenoxy) is 1. The van der Waals surface area contributed by atoms with Crippen LogP contribution in [0, 0.1) is 0 Å². The van der Waals surface area contributed by atoms with Gasteiger partial charge < -0.3 is 14.7 Å². The molecule has 0 aliphatic rings. The average molecular weight is 273 g/mol. The molecule has 0 bridgehead atoms. The van der Waals surface area contributed by atoms with Crippen LogP contribution in [0.25, 0.3) is 10.8 Å². The zero-order valence-electron chi connectivity index (χ0n) is 11.8. The number of fused-ring (bicyclic) bond motifs is 1. The summed E-state index contributed by atoms with van der Waals surface area (Å²) in [5, 5.41) is 11.0. The first-order chi connectivity index (χ1) is 9.61. The van der Waals surface area contributed by atoms with Crippen LogP contribution in [0.1, 0.15) is 12.0 Å². The first kappa shape index (κ1) is 14.3. The van der Waals surface area contributed by atoms with Crippen molar-refractivity contribution in [2.75, 3.05) is 20.7 Å². The number of rotatable bonds is 6. The van der Waals surface area contributed by atoms with Gasteiger partial charge in [-0.25, -0.2) is 0 Å². The van der Waals surface area contributed by atoms with Gasteiger partial charge in [-0.05, 0) is 24.1 Å². The summed E-state index contributed by atoms with van der Waals surface area (Å²) < 4.78 is 5.38. The normalized spacial score (nSPS) is 10.9. The molecule has 20 heavy (non-hydrogen) atoms. The van der Waals surface area contributed by atoms with Crippen molar-refractivity contribution in [1.82, 2.24) is 4.90 Å². The Labute approximate surface area is 118 Å². The van der Waals surface area contributed by atoms with Gasteiger partial charge in [-0.15, -0.1) is 0 Å². The Morgan fingerprint density at radius 2 is 1.90 bits per heavy atom. The molecule has 4 heteroatoms. The number of carbonyl (C=O) groups is 1. The van der Waals surface area contributed by atoms with Crippen LogP contribution in [0.15, 0.2) is 36.4 Å². The van der Waals surface area contributed by atoms with Gasteiger partial charge in [0, 0.05) is 18.5 Å². The standard InChI is InChI=1S/C16H19NO3/c1-17(10-9-16(18)19)11-12-7-8-15(20-2)14-6-4-3-5-13(12)14/h3-8H,9-11H2,1-2H3,(H,18,19). The molecule has 0 fully saturated rings. The summed E-state index contributed by atoms with van der Waals surface area (Å²) in [6.45, 7) is 1.26. The van der Waals surface area contributed by atoms with Crippen LogP contribution in [0.5, 0.6) is 5.75 Å². The molecule has 0 radical (unpaired) electrons. The molecule has 0 saturated carbocycles. The van der Waals surface area contributed by atoms with Crippen LogP contribution in [0.4, 0.5) is 0 Å². The number of methoxy groups -OCH3 is 1. The third kappa shape index (κ3) is 3.27. The first-order valence-electron chi connectivity index (χ1n) is 6.56. The Kier molecular flexibility index (Phi) is 4.58. The van der Waals surface area contributed by atoms with E-state index in [1.165, 1.54) is 5.56 Å². The van der Waals surface area contributed by atoms with Gasteiger partial charge in [-0.2, -0.15) is 0 Å². The van der Waals surface area contributed by atoms with E-state index >= 15 is 0 Å². The van der Waals surface area contributed by atoms with E-state index in [2.05, 4.69) is 6.07 Å². The molecule has 0 aliphatic heterocycles. The molecule has 0 spiro atoms. The molecule has 0 aromatic heterocycles. The van der Waals surface area contributed by atoms with Crippen molar-refractivity contribution in [2.45, 2.75) is 13.0 Å². The second-order valence-electron chi connectivity index (χ2n) is 4.85. The van der Waals surface area contributed by atoms with Crippen molar-refractivity contribution in [3.05, 3.63) is 42.0 Å². The molecular weight excluding hydrogens is 254 g/mol. The fourth-order valence-corrected chi connectivity index (χ4v) is 2.31. The van der Waals surface area contributed by atoms with Gasteiger partial charge in [0.25, 0.3) is 0 Å². The van der Waals surface area contributed by atoms with Gasteiger partial charge in [0.05, 0.1) is 13.5 Å². The van der Waals surface area contributed by atoms with Gasteiger partial charge >= 0.3 is 5.97 Å². The van der Waals surface area contributed by atoms with E-state index < -0.39 is 5.97 Å². The molecule has 2 aromatic carbocycles. The molecule has 4 nitrogen and oxygen atoms in total. The van der Waals surface area contributed by atoms with Gasteiger partial charge in [0.1, 0.15) is 5.75 Å². The minimum Gasteiger partial charge on any atom is -0.496 e. The monoisotopic (exact) mass is 273 g/mol. The maximum atomic E-state index is 10.6.